The molecule has 2 nitrogen and oxygen atoms in total. The first-order valence-electron chi connectivity index (χ1n) is 17.8. The summed E-state index contributed by atoms with van der Waals surface area (Å²) in [5, 5.41) is 3.26. The average Bonchev–Trinajstić information content (AvgIpc) is 3.04. The van der Waals surface area contributed by atoms with Gasteiger partial charge in [0.05, 0.1) is 0 Å². The van der Waals surface area contributed by atoms with Crippen LogP contribution in [0, 0.1) is 36.5 Å². The number of hydrogen-bond acceptors (Lipinski definition) is 2. The van der Waals surface area contributed by atoms with Crippen LogP contribution in [0.2, 0.25) is 0 Å². The van der Waals surface area contributed by atoms with Crippen molar-refractivity contribution < 1.29 is 0 Å². The van der Waals surface area contributed by atoms with Crippen LogP contribution in [0.1, 0.15) is 115 Å². The van der Waals surface area contributed by atoms with Gasteiger partial charge in [-0.25, -0.2) is 0 Å². The van der Waals surface area contributed by atoms with E-state index in [0.29, 0.717) is 11.8 Å². The fourth-order valence-corrected chi connectivity index (χ4v) is 6.26. The Balaban J connectivity index is 0.00000243. The summed E-state index contributed by atoms with van der Waals surface area (Å²) in [6.45, 7) is 29.8. The minimum absolute atomic E-state index is 0.583. The number of anilines is 1. The third kappa shape index (κ3) is 12.6. The van der Waals surface area contributed by atoms with Gasteiger partial charge in [0.15, 0.2) is 0 Å². The second-order valence-electron chi connectivity index (χ2n) is 12.4. The van der Waals surface area contributed by atoms with Crippen molar-refractivity contribution >= 4 is 11.4 Å². The first-order valence-corrected chi connectivity index (χ1v) is 17.8. The largest absolute Gasteiger partial charge is 0.388 e. The Morgan fingerprint density at radius 1 is 1.02 bits per heavy atom. The summed E-state index contributed by atoms with van der Waals surface area (Å²) in [5.74, 6) is 8.75. The first-order chi connectivity index (χ1) is 21.8. The van der Waals surface area contributed by atoms with E-state index in [-0.39, 0.29) is 0 Å². The van der Waals surface area contributed by atoms with Crippen LogP contribution in [0.5, 0.6) is 0 Å². The van der Waals surface area contributed by atoms with Crippen molar-refractivity contribution in [3.8, 4) is 11.8 Å². The zero-order valence-electron chi connectivity index (χ0n) is 30.6. The predicted octanol–water partition coefficient (Wildman–Crippen LogP) is 11.4. The number of benzene rings is 2. The van der Waals surface area contributed by atoms with Gasteiger partial charge in [-0.05, 0) is 105 Å². The number of allylic oxidation sites excluding steroid dienone is 2. The Labute approximate surface area is 279 Å². The summed E-state index contributed by atoms with van der Waals surface area (Å²) in [4.78, 5) is 2.70. The summed E-state index contributed by atoms with van der Waals surface area (Å²) < 4.78 is 0. The van der Waals surface area contributed by atoms with Gasteiger partial charge in [-0.2, -0.15) is 0 Å². The molecular weight excluding hydrogens is 544 g/mol. The quantitative estimate of drug-likeness (QED) is 0.116. The number of nitrogens with zero attached hydrogens (tertiary/aromatic N) is 1. The van der Waals surface area contributed by atoms with Crippen molar-refractivity contribution in [3.05, 3.63) is 95.6 Å². The van der Waals surface area contributed by atoms with Crippen molar-refractivity contribution in [2.24, 2.45) is 17.8 Å². The first kappa shape index (κ1) is 39.8. The summed E-state index contributed by atoms with van der Waals surface area (Å²) in [5.41, 5.74) is 10.7. The van der Waals surface area contributed by atoms with Gasteiger partial charge in [0.2, 0.25) is 0 Å². The van der Waals surface area contributed by atoms with Crippen LogP contribution in [0.15, 0.2) is 67.8 Å². The minimum atomic E-state index is 0.583. The molecule has 0 radical (unpaired) electrons. The van der Waals surface area contributed by atoms with Crippen molar-refractivity contribution in [3.63, 3.8) is 0 Å². The van der Waals surface area contributed by atoms with Crippen LogP contribution in [-0.2, 0) is 19.3 Å². The van der Waals surface area contributed by atoms with E-state index >= 15 is 0 Å². The third-order valence-electron chi connectivity index (χ3n) is 8.88. The van der Waals surface area contributed by atoms with Crippen LogP contribution in [0.25, 0.3) is 5.70 Å². The van der Waals surface area contributed by atoms with E-state index in [1.165, 1.54) is 71.2 Å². The molecule has 0 aliphatic heterocycles. The smallest absolute Gasteiger partial charge is 0.0405 e. The monoisotopic (exact) mass is 611 g/mol. The summed E-state index contributed by atoms with van der Waals surface area (Å²) in [7, 11) is 1.96. The predicted molar refractivity (Wildman–Crippen MR) is 204 cm³/mol. The second-order valence-corrected chi connectivity index (χ2v) is 12.4. The maximum absolute atomic E-state index is 4.27. The van der Waals surface area contributed by atoms with E-state index in [2.05, 4.69) is 119 Å². The van der Waals surface area contributed by atoms with Crippen LogP contribution in [0.3, 0.4) is 0 Å². The number of nitrogens with one attached hydrogen (secondary N) is 1. The standard InChI is InChI=1S/C39H56N2.C2H6.C2H4/c1-9-14-34(17-13-12-16-29(4)5)38-23-22-37(38)28-41(25-24-33-19-18-30(6)26-36(33)15-10-2)39-27-35(31(7)40-8)21-20-32(39)11-3;2*1-2/h17-21,26-27,29,37-38,40H,7,10-13,15-16,22-25,28H2,1-6,8H3;1-2H3;1-2H2/b34-17+;;. The minimum Gasteiger partial charge on any atom is -0.388 e. The zero-order valence-corrected chi connectivity index (χ0v) is 30.6. The highest BCUT2D eigenvalue weighted by atomic mass is 15.1. The Kier molecular flexibility index (Phi) is 19.8. The third-order valence-corrected chi connectivity index (χ3v) is 8.88. The molecule has 2 aromatic carbocycles. The van der Waals surface area contributed by atoms with Crippen LogP contribution in [0.4, 0.5) is 5.69 Å². The van der Waals surface area contributed by atoms with E-state index in [1.807, 2.05) is 27.8 Å². The topological polar surface area (TPSA) is 15.3 Å². The molecule has 0 bridgehead atoms. The highest BCUT2D eigenvalue weighted by Crippen LogP contribution is 2.41. The van der Waals surface area contributed by atoms with Crippen molar-refractivity contribution in [2.75, 3.05) is 25.0 Å². The van der Waals surface area contributed by atoms with Crippen molar-refractivity contribution in [2.45, 2.75) is 113 Å². The molecule has 2 heteroatoms. The van der Waals surface area contributed by atoms with Crippen molar-refractivity contribution in [1.29, 1.82) is 0 Å². The van der Waals surface area contributed by atoms with E-state index in [9.17, 15) is 0 Å². The highest BCUT2D eigenvalue weighted by molar-refractivity contribution is 5.68. The van der Waals surface area contributed by atoms with Gasteiger partial charge in [0.25, 0.3) is 0 Å². The molecular formula is C43H66N2. The molecule has 0 spiro atoms. The lowest BCUT2D eigenvalue weighted by molar-refractivity contribution is 0.222. The fourth-order valence-electron chi connectivity index (χ4n) is 6.26. The summed E-state index contributed by atoms with van der Waals surface area (Å²) >= 11 is 0. The molecule has 45 heavy (non-hydrogen) atoms. The summed E-state index contributed by atoms with van der Waals surface area (Å²) in [6, 6.07) is 14.0. The number of hydrogen-bond donors (Lipinski definition) is 1. The van der Waals surface area contributed by atoms with Gasteiger partial charge >= 0.3 is 0 Å². The molecule has 2 atom stereocenters. The molecule has 0 saturated heterocycles. The van der Waals surface area contributed by atoms with Gasteiger partial charge in [-0.1, -0.05) is 109 Å². The van der Waals surface area contributed by atoms with Gasteiger partial charge < -0.3 is 10.2 Å². The van der Waals surface area contributed by atoms with Gasteiger partial charge in [-0.15, -0.1) is 19.1 Å². The van der Waals surface area contributed by atoms with Gasteiger partial charge in [0.1, 0.15) is 0 Å². The van der Waals surface area contributed by atoms with E-state index < -0.39 is 0 Å². The van der Waals surface area contributed by atoms with E-state index in [1.54, 1.807) is 0 Å². The average molecular weight is 611 g/mol. The van der Waals surface area contributed by atoms with Crippen LogP contribution >= 0.6 is 0 Å². The van der Waals surface area contributed by atoms with E-state index in [4.69, 9.17) is 0 Å². The molecule has 2 aromatic rings. The molecule has 0 aromatic heterocycles. The molecule has 0 heterocycles. The van der Waals surface area contributed by atoms with Gasteiger partial charge in [-0.3, -0.25) is 0 Å². The molecule has 1 fully saturated rings. The fraction of sp³-hybridized carbons (Fsp3) is 0.535. The molecule has 2 unspecified atom stereocenters. The molecule has 248 valence electrons. The number of unbranched alkanes of at least 4 members (excludes halogenated alkanes) is 1. The molecule has 1 aliphatic carbocycles. The molecule has 1 saturated carbocycles. The van der Waals surface area contributed by atoms with E-state index in [0.717, 1.165) is 50.4 Å². The zero-order chi connectivity index (χ0) is 33.8. The maximum atomic E-state index is 4.27. The normalized spacial score (nSPS) is 15.4. The van der Waals surface area contributed by atoms with Crippen molar-refractivity contribution in [1.82, 2.24) is 5.32 Å². The molecule has 1 aliphatic rings. The lowest BCUT2D eigenvalue weighted by Gasteiger charge is -2.41. The highest BCUT2D eigenvalue weighted by Gasteiger charge is 2.34. The molecule has 0 amide bonds. The second kappa shape index (κ2) is 22.3. The maximum Gasteiger partial charge on any atom is 0.0405 e. The Morgan fingerprint density at radius 2 is 1.73 bits per heavy atom. The molecule has 3 rings (SSSR count). The van der Waals surface area contributed by atoms with Gasteiger partial charge in [0, 0.05) is 37.1 Å². The molecule has 1 N–H and O–H groups in total. The number of rotatable bonds is 16. The Morgan fingerprint density at radius 3 is 2.31 bits per heavy atom. The van der Waals surface area contributed by atoms with Crippen LogP contribution in [-0.4, -0.2) is 20.1 Å². The number of aryl methyl sites for hydroxylation is 3. The summed E-state index contributed by atoms with van der Waals surface area (Å²) in [6.07, 6.45) is 13.1. The lowest BCUT2D eigenvalue weighted by Crippen LogP contribution is -2.40. The lowest BCUT2D eigenvalue weighted by atomic mass is 9.69. The SMILES string of the molecule is C=C.C=C(NC)c1ccc(CC)c(N(CCc2ccc(C)cc2CCC)CC2CCC2/C(C#CC)=C/CCCC(C)C)c1.CC. The Bertz CT molecular complexity index is 1240. The Hall–Kier alpha value is -3.18. The van der Waals surface area contributed by atoms with Crippen LogP contribution < -0.4 is 10.2 Å².